The number of aryl methyl sites for hydroxylation is 2. The van der Waals surface area contributed by atoms with Gasteiger partial charge in [-0.05, 0) is 46.1 Å². The number of likely N-dealkylation sites (tertiary alicyclic amines) is 1. The van der Waals surface area contributed by atoms with E-state index >= 15 is 0 Å². The first kappa shape index (κ1) is 13.6. The smallest absolute Gasteiger partial charge is 0.227 e. The predicted octanol–water partition coefficient (Wildman–Crippen LogP) is 1.58. The van der Waals surface area contributed by atoms with Gasteiger partial charge in [0.15, 0.2) is 0 Å². The molecule has 0 radical (unpaired) electrons. The number of aromatic nitrogens is 1. The van der Waals surface area contributed by atoms with Crippen LogP contribution in [-0.2, 0) is 11.2 Å². The van der Waals surface area contributed by atoms with Gasteiger partial charge in [-0.1, -0.05) is 5.16 Å². The minimum absolute atomic E-state index is 0.218. The quantitative estimate of drug-likeness (QED) is 0.911. The third-order valence-electron chi connectivity index (χ3n) is 4.69. The van der Waals surface area contributed by atoms with Crippen LogP contribution in [0.2, 0.25) is 0 Å². The molecule has 5 nitrogen and oxygen atoms in total. The van der Waals surface area contributed by atoms with E-state index in [0.29, 0.717) is 18.5 Å². The zero-order chi connectivity index (χ0) is 14.1. The van der Waals surface area contributed by atoms with Crippen LogP contribution in [0.5, 0.6) is 0 Å². The first-order valence-corrected chi connectivity index (χ1v) is 7.61. The summed E-state index contributed by atoms with van der Waals surface area (Å²) in [6, 6.07) is 0.872. The van der Waals surface area contributed by atoms with Crippen molar-refractivity contribution in [2.75, 3.05) is 13.1 Å². The van der Waals surface area contributed by atoms with Crippen LogP contribution in [0, 0.1) is 13.8 Å². The van der Waals surface area contributed by atoms with Gasteiger partial charge in [-0.3, -0.25) is 4.79 Å². The fourth-order valence-corrected chi connectivity index (χ4v) is 3.57. The highest BCUT2D eigenvalue weighted by Crippen LogP contribution is 2.26. The van der Waals surface area contributed by atoms with Gasteiger partial charge >= 0.3 is 0 Å². The van der Waals surface area contributed by atoms with E-state index in [1.54, 1.807) is 0 Å². The lowest BCUT2D eigenvalue weighted by atomic mass is 10.0. The lowest BCUT2D eigenvalue weighted by Gasteiger charge is -2.29. The third kappa shape index (κ3) is 2.46. The molecule has 2 fully saturated rings. The van der Waals surface area contributed by atoms with Crippen LogP contribution in [0.15, 0.2) is 4.52 Å². The second kappa shape index (κ2) is 5.56. The lowest BCUT2D eigenvalue weighted by molar-refractivity contribution is -0.131. The second-order valence-corrected chi connectivity index (χ2v) is 5.98. The van der Waals surface area contributed by atoms with Crippen molar-refractivity contribution in [1.29, 1.82) is 0 Å². The number of hydrogen-bond donors (Lipinski definition) is 1. The van der Waals surface area contributed by atoms with E-state index in [1.807, 2.05) is 13.8 Å². The fraction of sp³-hybridized carbons (Fsp3) is 0.733. The van der Waals surface area contributed by atoms with Crippen molar-refractivity contribution in [1.82, 2.24) is 15.4 Å². The second-order valence-electron chi connectivity index (χ2n) is 5.98. The summed E-state index contributed by atoms with van der Waals surface area (Å²) in [5.41, 5.74) is 1.80. The van der Waals surface area contributed by atoms with Gasteiger partial charge in [-0.25, -0.2) is 0 Å². The van der Waals surface area contributed by atoms with Gasteiger partial charge in [0.1, 0.15) is 5.76 Å². The Morgan fingerprint density at radius 2 is 2.25 bits per heavy atom. The van der Waals surface area contributed by atoms with Crippen LogP contribution < -0.4 is 5.32 Å². The number of hydrogen-bond acceptors (Lipinski definition) is 4. The van der Waals surface area contributed by atoms with E-state index in [-0.39, 0.29) is 5.91 Å². The van der Waals surface area contributed by atoms with Gasteiger partial charge in [-0.15, -0.1) is 0 Å². The van der Waals surface area contributed by atoms with Gasteiger partial charge in [0, 0.05) is 24.2 Å². The molecule has 0 bridgehead atoms. The van der Waals surface area contributed by atoms with E-state index in [2.05, 4.69) is 15.4 Å². The molecule has 2 aliphatic rings. The summed E-state index contributed by atoms with van der Waals surface area (Å²) in [5, 5.41) is 7.47. The molecule has 2 saturated heterocycles. The normalized spacial score (nSPS) is 26.4. The monoisotopic (exact) mass is 277 g/mol. The fourth-order valence-electron chi connectivity index (χ4n) is 3.57. The molecule has 1 amide bonds. The van der Waals surface area contributed by atoms with Gasteiger partial charge in [0.2, 0.25) is 5.91 Å². The summed E-state index contributed by atoms with van der Waals surface area (Å²) < 4.78 is 5.15. The molecule has 0 aromatic carbocycles. The molecular formula is C15H23N3O2. The van der Waals surface area contributed by atoms with Gasteiger partial charge < -0.3 is 14.7 Å². The highest BCUT2D eigenvalue weighted by Gasteiger charge is 2.36. The van der Waals surface area contributed by atoms with E-state index in [9.17, 15) is 4.79 Å². The Balaban J connectivity index is 1.69. The molecule has 20 heavy (non-hydrogen) atoms. The molecule has 2 atom stereocenters. The summed E-state index contributed by atoms with van der Waals surface area (Å²) in [5.74, 6) is 0.987. The van der Waals surface area contributed by atoms with Crippen LogP contribution in [0.25, 0.3) is 0 Å². The molecule has 110 valence electrons. The largest absolute Gasteiger partial charge is 0.361 e. The Hall–Kier alpha value is -1.36. The minimum atomic E-state index is 0.218. The van der Waals surface area contributed by atoms with Crippen LogP contribution in [0.3, 0.4) is 0 Å². The predicted molar refractivity (Wildman–Crippen MR) is 75.4 cm³/mol. The van der Waals surface area contributed by atoms with Crippen molar-refractivity contribution >= 4 is 5.91 Å². The summed E-state index contributed by atoms with van der Waals surface area (Å²) in [6.45, 7) is 5.76. The number of carbonyl (C=O) groups is 1. The SMILES string of the molecule is Cc1noc(C)c1CC(=O)N1CCCC1C1CCCN1. The van der Waals surface area contributed by atoms with E-state index < -0.39 is 0 Å². The molecular weight excluding hydrogens is 254 g/mol. The summed E-state index contributed by atoms with van der Waals surface area (Å²) in [4.78, 5) is 14.7. The maximum Gasteiger partial charge on any atom is 0.227 e. The molecule has 3 rings (SSSR count). The molecule has 1 aromatic heterocycles. The average molecular weight is 277 g/mol. The van der Waals surface area contributed by atoms with Crippen LogP contribution in [0.1, 0.15) is 42.7 Å². The molecule has 0 spiro atoms. The maximum atomic E-state index is 12.6. The Labute approximate surface area is 119 Å². The molecule has 1 N–H and O–H groups in total. The van der Waals surface area contributed by atoms with Crippen molar-refractivity contribution in [3.63, 3.8) is 0 Å². The highest BCUT2D eigenvalue weighted by atomic mass is 16.5. The number of rotatable bonds is 3. The van der Waals surface area contributed by atoms with Gasteiger partial charge in [0.05, 0.1) is 12.1 Å². The van der Waals surface area contributed by atoms with E-state index in [4.69, 9.17) is 4.52 Å². The zero-order valence-corrected chi connectivity index (χ0v) is 12.3. The Morgan fingerprint density at radius 3 is 2.90 bits per heavy atom. The Bertz CT molecular complexity index is 472. The molecule has 2 aliphatic heterocycles. The zero-order valence-electron chi connectivity index (χ0n) is 12.3. The number of nitrogens with zero attached hydrogens (tertiary/aromatic N) is 2. The standard InChI is InChI=1S/C15H23N3O2/c1-10-12(11(2)20-17-10)9-15(19)18-8-4-6-14(18)13-5-3-7-16-13/h13-14,16H,3-9H2,1-2H3. The van der Waals surface area contributed by atoms with Gasteiger partial charge in [0.25, 0.3) is 0 Å². The first-order chi connectivity index (χ1) is 9.66. The van der Waals surface area contributed by atoms with Gasteiger partial charge in [-0.2, -0.15) is 0 Å². The van der Waals surface area contributed by atoms with E-state index in [0.717, 1.165) is 42.9 Å². The van der Waals surface area contributed by atoms with Crippen molar-refractivity contribution in [3.05, 3.63) is 17.0 Å². The molecule has 2 unspecified atom stereocenters. The average Bonchev–Trinajstić information content (AvgIpc) is 3.13. The summed E-state index contributed by atoms with van der Waals surface area (Å²) in [7, 11) is 0. The van der Waals surface area contributed by atoms with Crippen molar-refractivity contribution in [3.8, 4) is 0 Å². The lowest BCUT2D eigenvalue weighted by Crippen LogP contribution is -2.47. The third-order valence-corrected chi connectivity index (χ3v) is 4.69. The van der Waals surface area contributed by atoms with Crippen LogP contribution in [-0.4, -0.2) is 41.1 Å². The topological polar surface area (TPSA) is 58.4 Å². The first-order valence-electron chi connectivity index (χ1n) is 7.61. The van der Waals surface area contributed by atoms with Crippen molar-refractivity contribution in [2.24, 2.45) is 0 Å². The van der Waals surface area contributed by atoms with Crippen LogP contribution in [0.4, 0.5) is 0 Å². The molecule has 5 heteroatoms. The molecule has 0 aliphatic carbocycles. The Morgan fingerprint density at radius 1 is 1.40 bits per heavy atom. The maximum absolute atomic E-state index is 12.6. The highest BCUT2D eigenvalue weighted by molar-refractivity contribution is 5.80. The van der Waals surface area contributed by atoms with E-state index in [1.165, 1.54) is 12.8 Å². The minimum Gasteiger partial charge on any atom is -0.361 e. The number of nitrogens with one attached hydrogen (secondary N) is 1. The Kier molecular flexibility index (Phi) is 3.78. The molecule has 0 saturated carbocycles. The van der Waals surface area contributed by atoms with Crippen molar-refractivity contribution < 1.29 is 9.32 Å². The molecule has 1 aromatic rings. The van der Waals surface area contributed by atoms with Crippen LogP contribution >= 0.6 is 0 Å². The van der Waals surface area contributed by atoms with Crippen molar-refractivity contribution in [2.45, 2.75) is 58.0 Å². The summed E-state index contributed by atoms with van der Waals surface area (Å²) in [6.07, 6.45) is 5.10. The summed E-state index contributed by atoms with van der Waals surface area (Å²) >= 11 is 0. The molecule has 3 heterocycles. The number of carbonyl (C=O) groups excluding carboxylic acids is 1. The number of amides is 1.